The van der Waals surface area contributed by atoms with Gasteiger partial charge in [-0.15, -0.1) is 0 Å². The second-order valence-electron chi connectivity index (χ2n) is 5.23. The number of hydrogen-bond donors (Lipinski definition) is 0. The number of carbonyl (C=O) groups is 3. The normalized spacial score (nSPS) is 26.2. The van der Waals surface area contributed by atoms with Crippen LogP contribution >= 0.6 is 0 Å². The summed E-state index contributed by atoms with van der Waals surface area (Å²) in [6.45, 7) is 6.19. The fourth-order valence-corrected chi connectivity index (χ4v) is 2.17. The van der Waals surface area contributed by atoms with Crippen LogP contribution in [0.3, 0.4) is 0 Å². The van der Waals surface area contributed by atoms with Crippen LogP contribution in [-0.4, -0.2) is 36.7 Å². The lowest BCUT2D eigenvalue weighted by atomic mass is 9.84. The molecule has 0 saturated carbocycles. The Labute approximate surface area is 112 Å². The molecule has 0 amide bonds. The van der Waals surface area contributed by atoms with Crippen molar-refractivity contribution in [2.75, 3.05) is 13.2 Å². The van der Waals surface area contributed by atoms with Gasteiger partial charge in [-0.2, -0.15) is 0 Å². The summed E-state index contributed by atoms with van der Waals surface area (Å²) >= 11 is 0. The van der Waals surface area contributed by atoms with Crippen molar-refractivity contribution in [1.82, 2.24) is 0 Å². The quantitative estimate of drug-likeness (QED) is 0.550. The fourth-order valence-electron chi connectivity index (χ4n) is 2.17. The first-order valence-electron chi connectivity index (χ1n) is 6.26. The third-order valence-corrected chi connectivity index (χ3v) is 2.95. The van der Waals surface area contributed by atoms with Crippen LogP contribution in [0.1, 0.15) is 34.1 Å². The molecule has 1 rings (SSSR count). The van der Waals surface area contributed by atoms with Gasteiger partial charge in [0.15, 0.2) is 5.60 Å². The van der Waals surface area contributed by atoms with Crippen LogP contribution in [0.15, 0.2) is 0 Å². The third-order valence-electron chi connectivity index (χ3n) is 2.95. The average Bonchev–Trinajstić information content (AvgIpc) is 2.55. The molecule has 0 aromatic heterocycles. The largest absolute Gasteiger partial charge is 0.461 e. The average molecular weight is 272 g/mol. The van der Waals surface area contributed by atoms with Gasteiger partial charge in [0.25, 0.3) is 0 Å². The molecule has 108 valence electrons. The van der Waals surface area contributed by atoms with Gasteiger partial charge in [0, 0.05) is 13.8 Å². The van der Waals surface area contributed by atoms with E-state index in [-0.39, 0.29) is 19.1 Å². The molecule has 2 atom stereocenters. The fraction of sp³-hybridized carbons (Fsp3) is 0.769. The molecule has 0 radical (unpaired) electrons. The Kier molecular flexibility index (Phi) is 4.91. The monoisotopic (exact) mass is 272 g/mol. The maximum absolute atomic E-state index is 11.8. The van der Waals surface area contributed by atoms with Gasteiger partial charge in [-0.1, -0.05) is 13.8 Å². The van der Waals surface area contributed by atoms with E-state index in [0.717, 1.165) is 0 Å². The molecule has 1 aliphatic heterocycles. The molecule has 6 heteroatoms. The van der Waals surface area contributed by atoms with Crippen LogP contribution in [0.5, 0.6) is 0 Å². The second kappa shape index (κ2) is 6.04. The summed E-state index contributed by atoms with van der Waals surface area (Å²) in [5, 5.41) is 0. The van der Waals surface area contributed by atoms with Crippen LogP contribution in [0.25, 0.3) is 0 Å². The van der Waals surface area contributed by atoms with E-state index in [9.17, 15) is 14.4 Å². The molecule has 6 nitrogen and oxygen atoms in total. The summed E-state index contributed by atoms with van der Waals surface area (Å²) in [7, 11) is 0. The smallest absolute Gasteiger partial charge is 0.313 e. The highest BCUT2D eigenvalue weighted by molar-refractivity contribution is 5.78. The molecule has 19 heavy (non-hydrogen) atoms. The maximum Gasteiger partial charge on any atom is 0.313 e. The molecule has 0 bridgehead atoms. The molecule has 1 saturated heterocycles. The van der Waals surface area contributed by atoms with E-state index in [0.29, 0.717) is 6.42 Å². The number of hydrogen-bond acceptors (Lipinski definition) is 6. The standard InChI is InChI=1S/C13H20O6/c1-8(2)5-11-12(16)18-7-13(11,19-10(4)15)6-17-9(3)14/h8,11H,5-7H2,1-4H3. The van der Waals surface area contributed by atoms with Crippen LogP contribution in [-0.2, 0) is 28.6 Å². The summed E-state index contributed by atoms with van der Waals surface area (Å²) in [5.41, 5.74) is -1.20. The maximum atomic E-state index is 11.8. The van der Waals surface area contributed by atoms with Crippen LogP contribution in [0.4, 0.5) is 0 Å². The van der Waals surface area contributed by atoms with Gasteiger partial charge in [-0.25, -0.2) is 0 Å². The van der Waals surface area contributed by atoms with Gasteiger partial charge in [-0.3, -0.25) is 14.4 Å². The minimum Gasteiger partial charge on any atom is -0.461 e. The summed E-state index contributed by atoms with van der Waals surface area (Å²) < 4.78 is 15.2. The Morgan fingerprint density at radius 2 is 2.00 bits per heavy atom. The lowest BCUT2D eigenvalue weighted by Gasteiger charge is -2.31. The van der Waals surface area contributed by atoms with E-state index in [2.05, 4.69) is 0 Å². The van der Waals surface area contributed by atoms with Crippen molar-refractivity contribution in [3.8, 4) is 0 Å². The Balaban J connectivity index is 2.95. The molecule has 2 unspecified atom stereocenters. The molecular weight excluding hydrogens is 252 g/mol. The van der Waals surface area contributed by atoms with E-state index in [1.807, 2.05) is 13.8 Å². The lowest BCUT2D eigenvalue weighted by molar-refractivity contribution is -0.175. The van der Waals surface area contributed by atoms with Crippen molar-refractivity contribution >= 4 is 17.9 Å². The number of rotatable bonds is 5. The van der Waals surface area contributed by atoms with E-state index >= 15 is 0 Å². The first-order valence-corrected chi connectivity index (χ1v) is 6.26. The Bertz CT molecular complexity index is 375. The van der Waals surface area contributed by atoms with Crippen molar-refractivity contribution in [1.29, 1.82) is 0 Å². The van der Waals surface area contributed by atoms with Crippen LogP contribution in [0.2, 0.25) is 0 Å². The van der Waals surface area contributed by atoms with Gasteiger partial charge < -0.3 is 14.2 Å². The topological polar surface area (TPSA) is 78.9 Å². The van der Waals surface area contributed by atoms with Crippen LogP contribution in [0, 0.1) is 11.8 Å². The first kappa shape index (κ1) is 15.5. The van der Waals surface area contributed by atoms with E-state index < -0.39 is 29.4 Å². The Morgan fingerprint density at radius 1 is 1.37 bits per heavy atom. The minimum absolute atomic E-state index is 0.0733. The molecule has 0 aromatic rings. The summed E-state index contributed by atoms with van der Waals surface area (Å²) in [6, 6.07) is 0. The summed E-state index contributed by atoms with van der Waals surface area (Å²) in [6.07, 6.45) is 0.507. The van der Waals surface area contributed by atoms with Crippen molar-refractivity contribution < 1.29 is 28.6 Å². The zero-order valence-corrected chi connectivity index (χ0v) is 11.7. The molecule has 0 N–H and O–H groups in total. The van der Waals surface area contributed by atoms with Gasteiger partial charge >= 0.3 is 17.9 Å². The molecular formula is C13H20O6. The molecule has 1 aliphatic rings. The zero-order valence-electron chi connectivity index (χ0n) is 11.7. The van der Waals surface area contributed by atoms with E-state index in [4.69, 9.17) is 14.2 Å². The minimum atomic E-state index is -1.20. The molecule has 1 heterocycles. The van der Waals surface area contributed by atoms with Gasteiger partial charge in [0.1, 0.15) is 19.1 Å². The highest BCUT2D eigenvalue weighted by Gasteiger charge is 2.54. The van der Waals surface area contributed by atoms with Crippen molar-refractivity contribution in [3.63, 3.8) is 0 Å². The highest BCUT2D eigenvalue weighted by atomic mass is 16.6. The first-order chi connectivity index (χ1) is 8.77. The predicted molar refractivity (Wildman–Crippen MR) is 65.0 cm³/mol. The van der Waals surface area contributed by atoms with Crippen molar-refractivity contribution in [2.24, 2.45) is 11.8 Å². The van der Waals surface area contributed by atoms with Gasteiger partial charge in [0.2, 0.25) is 0 Å². The number of cyclic esters (lactones) is 1. The predicted octanol–water partition coefficient (Wildman–Crippen LogP) is 1.07. The summed E-state index contributed by atoms with van der Waals surface area (Å²) in [4.78, 5) is 34.0. The SMILES string of the molecule is CC(=O)OCC1(OC(C)=O)COC(=O)C1CC(C)C. The molecule has 1 fully saturated rings. The number of esters is 3. The zero-order chi connectivity index (χ0) is 14.6. The second-order valence-corrected chi connectivity index (χ2v) is 5.23. The molecule has 0 aliphatic carbocycles. The van der Waals surface area contributed by atoms with E-state index in [1.165, 1.54) is 13.8 Å². The molecule has 0 spiro atoms. The molecule has 0 aromatic carbocycles. The third kappa shape index (κ3) is 3.94. The number of ether oxygens (including phenoxy) is 3. The lowest BCUT2D eigenvalue weighted by Crippen LogP contribution is -2.47. The summed E-state index contributed by atoms with van der Waals surface area (Å²) in [5.74, 6) is -1.81. The Hall–Kier alpha value is -1.59. The van der Waals surface area contributed by atoms with Crippen LogP contribution < -0.4 is 0 Å². The Morgan fingerprint density at radius 3 is 2.47 bits per heavy atom. The van der Waals surface area contributed by atoms with Gasteiger partial charge in [-0.05, 0) is 12.3 Å². The van der Waals surface area contributed by atoms with Crippen molar-refractivity contribution in [3.05, 3.63) is 0 Å². The highest BCUT2D eigenvalue weighted by Crippen LogP contribution is 2.35. The van der Waals surface area contributed by atoms with Gasteiger partial charge in [0.05, 0.1) is 0 Å². The van der Waals surface area contributed by atoms with Crippen molar-refractivity contribution in [2.45, 2.75) is 39.7 Å². The number of carbonyl (C=O) groups excluding carboxylic acids is 3. The van der Waals surface area contributed by atoms with E-state index in [1.54, 1.807) is 0 Å².